The molecule has 1 aromatic heterocycles. The molecule has 1 amide bonds. The lowest BCUT2D eigenvalue weighted by molar-refractivity contribution is 0.101. The van der Waals surface area contributed by atoms with Gasteiger partial charge in [-0.25, -0.2) is 0 Å². The Hall–Kier alpha value is -2.50. The fraction of sp³-hybridized carbons (Fsp3) is 0.474. The number of carbonyl (C=O) groups excluding carboxylic acids is 1. The monoisotopic (exact) mass is 345 g/mol. The van der Waals surface area contributed by atoms with Gasteiger partial charge in [0.2, 0.25) is 0 Å². The van der Waals surface area contributed by atoms with Crippen LogP contribution in [0.1, 0.15) is 57.1 Å². The maximum Gasteiger partial charge on any atom is 0.264 e. The molecule has 0 aliphatic heterocycles. The Kier molecular flexibility index (Phi) is 6.07. The van der Waals surface area contributed by atoms with Gasteiger partial charge in [0.15, 0.2) is 5.82 Å². The third-order valence-electron chi connectivity index (χ3n) is 4.25. The van der Waals surface area contributed by atoms with Gasteiger partial charge in [0.05, 0.1) is 13.2 Å². The topological polar surface area (TPSA) is 76.2 Å². The minimum absolute atomic E-state index is 0.0321. The number of anilines is 1. The first-order valence-corrected chi connectivity index (χ1v) is 8.68. The van der Waals surface area contributed by atoms with Crippen LogP contribution in [0.4, 0.5) is 5.82 Å². The number of amides is 1. The molecule has 2 rings (SSSR count). The van der Waals surface area contributed by atoms with Crippen molar-refractivity contribution in [1.82, 2.24) is 10.2 Å². The molecule has 0 aliphatic rings. The normalized spacial score (nSPS) is 11.2. The van der Waals surface area contributed by atoms with Crippen LogP contribution in [0, 0.1) is 0 Å². The van der Waals surface area contributed by atoms with Crippen molar-refractivity contribution in [2.45, 2.75) is 46.5 Å². The molecule has 2 N–H and O–H groups in total. The summed E-state index contributed by atoms with van der Waals surface area (Å²) >= 11 is 0. The standard InChI is InChI=1S/C19H27N3O3/c1-6-19(4,5)15-12-16(22-21-15)20-18(23)17-13(24-7-2)10-9-11-14(17)25-8-3/h9-12H,6-8H2,1-5H3,(H2,20,21,22,23). The minimum atomic E-state index is -0.306. The van der Waals surface area contributed by atoms with Gasteiger partial charge in [0.25, 0.3) is 5.91 Å². The molecule has 0 saturated carbocycles. The van der Waals surface area contributed by atoms with Gasteiger partial charge in [0, 0.05) is 17.2 Å². The van der Waals surface area contributed by atoms with E-state index >= 15 is 0 Å². The van der Waals surface area contributed by atoms with E-state index < -0.39 is 0 Å². The molecule has 2 aromatic rings. The number of aromatic amines is 1. The Bertz CT molecular complexity index is 698. The number of ether oxygens (including phenoxy) is 2. The summed E-state index contributed by atoms with van der Waals surface area (Å²) in [4.78, 5) is 12.8. The number of hydrogen-bond acceptors (Lipinski definition) is 4. The predicted molar refractivity (Wildman–Crippen MR) is 98.6 cm³/mol. The summed E-state index contributed by atoms with van der Waals surface area (Å²) in [6.45, 7) is 11.1. The highest BCUT2D eigenvalue weighted by Crippen LogP contribution is 2.30. The van der Waals surface area contributed by atoms with Crippen molar-refractivity contribution < 1.29 is 14.3 Å². The Morgan fingerprint density at radius 3 is 2.28 bits per heavy atom. The molecule has 0 bridgehead atoms. The van der Waals surface area contributed by atoms with Crippen LogP contribution in [0.25, 0.3) is 0 Å². The number of rotatable bonds is 8. The second-order valence-corrected chi connectivity index (χ2v) is 6.35. The number of nitrogens with one attached hydrogen (secondary N) is 2. The number of benzene rings is 1. The Labute approximate surface area is 148 Å². The molecular formula is C19H27N3O3. The Balaban J connectivity index is 2.29. The van der Waals surface area contributed by atoms with E-state index in [9.17, 15) is 4.79 Å². The number of aromatic nitrogens is 2. The summed E-state index contributed by atoms with van der Waals surface area (Å²) in [6, 6.07) is 7.20. The summed E-state index contributed by atoms with van der Waals surface area (Å²) < 4.78 is 11.2. The van der Waals surface area contributed by atoms with Crippen LogP contribution in [-0.4, -0.2) is 29.3 Å². The average molecular weight is 345 g/mol. The summed E-state index contributed by atoms with van der Waals surface area (Å²) in [5.74, 6) is 1.17. The van der Waals surface area contributed by atoms with E-state index in [1.165, 1.54) is 0 Å². The molecule has 0 atom stereocenters. The van der Waals surface area contributed by atoms with E-state index in [1.807, 2.05) is 26.0 Å². The SMILES string of the molecule is CCOc1cccc(OCC)c1C(=O)Nc1cc(C(C)(C)CC)[nH]n1. The highest BCUT2D eigenvalue weighted by molar-refractivity contribution is 6.07. The number of nitrogens with zero attached hydrogens (tertiary/aromatic N) is 1. The van der Waals surface area contributed by atoms with E-state index in [-0.39, 0.29) is 11.3 Å². The minimum Gasteiger partial charge on any atom is -0.493 e. The smallest absolute Gasteiger partial charge is 0.264 e. The van der Waals surface area contributed by atoms with Crippen molar-refractivity contribution in [2.75, 3.05) is 18.5 Å². The van der Waals surface area contributed by atoms with Crippen molar-refractivity contribution in [3.05, 3.63) is 35.5 Å². The molecule has 0 saturated heterocycles. The second kappa shape index (κ2) is 8.05. The third-order valence-corrected chi connectivity index (χ3v) is 4.25. The summed E-state index contributed by atoms with van der Waals surface area (Å²) in [5.41, 5.74) is 1.33. The lowest BCUT2D eigenvalue weighted by atomic mass is 9.87. The molecule has 6 heteroatoms. The van der Waals surface area contributed by atoms with Crippen LogP contribution in [0.5, 0.6) is 11.5 Å². The van der Waals surface area contributed by atoms with Crippen molar-refractivity contribution in [2.24, 2.45) is 0 Å². The fourth-order valence-corrected chi connectivity index (χ4v) is 2.39. The van der Waals surface area contributed by atoms with Crippen LogP contribution >= 0.6 is 0 Å². The largest absolute Gasteiger partial charge is 0.493 e. The van der Waals surface area contributed by atoms with E-state index in [0.29, 0.717) is 36.1 Å². The van der Waals surface area contributed by atoms with Gasteiger partial charge in [-0.3, -0.25) is 9.89 Å². The summed E-state index contributed by atoms with van der Waals surface area (Å²) in [6.07, 6.45) is 0.963. The Morgan fingerprint density at radius 1 is 1.16 bits per heavy atom. The molecule has 0 spiro atoms. The Morgan fingerprint density at radius 2 is 1.76 bits per heavy atom. The molecule has 1 heterocycles. The molecule has 136 valence electrons. The fourth-order valence-electron chi connectivity index (χ4n) is 2.39. The van der Waals surface area contributed by atoms with Gasteiger partial charge in [-0.2, -0.15) is 5.10 Å². The first-order valence-electron chi connectivity index (χ1n) is 8.68. The van der Waals surface area contributed by atoms with Gasteiger partial charge in [-0.1, -0.05) is 26.8 Å². The highest BCUT2D eigenvalue weighted by atomic mass is 16.5. The molecular weight excluding hydrogens is 318 g/mol. The molecule has 1 aromatic carbocycles. The van der Waals surface area contributed by atoms with E-state index in [4.69, 9.17) is 9.47 Å². The van der Waals surface area contributed by atoms with E-state index in [2.05, 4.69) is 36.3 Å². The number of carbonyl (C=O) groups is 1. The zero-order chi connectivity index (χ0) is 18.4. The molecule has 6 nitrogen and oxygen atoms in total. The van der Waals surface area contributed by atoms with Crippen molar-refractivity contribution in [1.29, 1.82) is 0 Å². The van der Waals surface area contributed by atoms with Crippen molar-refractivity contribution >= 4 is 11.7 Å². The molecule has 0 aliphatic carbocycles. The molecule has 0 unspecified atom stereocenters. The highest BCUT2D eigenvalue weighted by Gasteiger charge is 2.23. The van der Waals surface area contributed by atoms with Crippen LogP contribution in [0.15, 0.2) is 24.3 Å². The second-order valence-electron chi connectivity index (χ2n) is 6.35. The zero-order valence-electron chi connectivity index (χ0n) is 15.6. The quantitative estimate of drug-likeness (QED) is 0.753. The number of hydrogen-bond donors (Lipinski definition) is 2. The van der Waals surface area contributed by atoms with Gasteiger partial charge >= 0.3 is 0 Å². The number of H-pyrrole nitrogens is 1. The third kappa shape index (κ3) is 4.32. The summed E-state index contributed by atoms with van der Waals surface area (Å²) in [5, 5.41) is 10.0. The lowest BCUT2D eigenvalue weighted by Crippen LogP contribution is -2.16. The first kappa shape index (κ1) is 18.8. The lowest BCUT2D eigenvalue weighted by Gasteiger charge is -2.19. The average Bonchev–Trinajstić information content (AvgIpc) is 3.05. The first-order chi connectivity index (χ1) is 11.9. The van der Waals surface area contributed by atoms with Crippen LogP contribution in [-0.2, 0) is 5.41 Å². The van der Waals surface area contributed by atoms with Gasteiger partial charge in [0.1, 0.15) is 17.1 Å². The van der Waals surface area contributed by atoms with Gasteiger partial charge in [-0.05, 0) is 32.4 Å². The maximum atomic E-state index is 12.8. The van der Waals surface area contributed by atoms with Crippen LogP contribution in [0.3, 0.4) is 0 Å². The predicted octanol–water partition coefficient (Wildman–Crippen LogP) is 4.15. The van der Waals surface area contributed by atoms with E-state index in [0.717, 1.165) is 12.1 Å². The van der Waals surface area contributed by atoms with Gasteiger partial charge in [-0.15, -0.1) is 0 Å². The summed E-state index contributed by atoms with van der Waals surface area (Å²) in [7, 11) is 0. The van der Waals surface area contributed by atoms with E-state index in [1.54, 1.807) is 12.1 Å². The maximum absolute atomic E-state index is 12.8. The van der Waals surface area contributed by atoms with Crippen LogP contribution < -0.4 is 14.8 Å². The van der Waals surface area contributed by atoms with Crippen molar-refractivity contribution in [3.8, 4) is 11.5 Å². The molecule has 0 fully saturated rings. The van der Waals surface area contributed by atoms with Gasteiger partial charge < -0.3 is 14.8 Å². The molecule has 25 heavy (non-hydrogen) atoms. The molecule has 0 radical (unpaired) electrons. The zero-order valence-corrected chi connectivity index (χ0v) is 15.6. The van der Waals surface area contributed by atoms with Crippen molar-refractivity contribution in [3.63, 3.8) is 0 Å². The van der Waals surface area contributed by atoms with Crippen LogP contribution in [0.2, 0.25) is 0 Å².